The van der Waals surface area contributed by atoms with Crippen LogP contribution in [0.2, 0.25) is 0 Å². The Labute approximate surface area is 91.2 Å². The molecule has 0 aromatic rings. The maximum Gasteiger partial charge on any atom is 0.305 e. The van der Waals surface area contributed by atoms with Crippen LogP contribution in [0.4, 0.5) is 0 Å². The molecule has 1 atom stereocenters. The van der Waals surface area contributed by atoms with Crippen LogP contribution in [0.5, 0.6) is 0 Å². The summed E-state index contributed by atoms with van der Waals surface area (Å²) in [4.78, 5) is 23.0. The first kappa shape index (κ1) is 12.2. The zero-order chi connectivity index (χ0) is 11.3. The Bertz CT molecular complexity index is 247. The molecule has 15 heavy (non-hydrogen) atoms. The molecule has 1 saturated carbocycles. The minimum Gasteiger partial charge on any atom is -0.469 e. The van der Waals surface area contributed by atoms with Gasteiger partial charge in [0.25, 0.3) is 0 Å². The van der Waals surface area contributed by atoms with Gasteiger partial charge in [-0.2, -0.15) is 0 Å². The van der Waals surface area contributed by atoms with Gasteiger partial charge in [-0.25, -0.2) is 0 Å². The van der Waals surface area contributed by atoms with Gasteiger partial charge < -0.3 is 4.74 Å². The van der Waals surface area contributed by atoms with E-state index in [4.69, 9.17) is 0 Å². The van der Waals surface area contributed by atoms with Gasteiger partial charge in [-0.1, -0.05) is 13.3 Å². The van der Waals surface area contributed by atoms with Crippen LogP contribution in [0.15, 0.2) is 0 Å². The molecule has 1 unspecified atom stereocenters. The number of esters is 1. The number of ether oxygens (including phenoxy) is 1. The molecule has 0 aromatic carbocycles. The zero-order valence-electron chi connectivity index (χ0n) is 9.67. The Morgan fingerprint density at radius 1 is 1.47 bits per heavy atom. The maximum absolute atomic E-state index is 11.9. The number of rotatable bonds is 4. The van der Waals surface area contributed by atoms with Crippen molar-refractivity contribution >= 4 is 11.8 Å². The van der Waals surface area contributed by atoms with E-state index >= 15 is 0 Å². The van der Waals surface area contributed by atoms with Crippen molar-refractivity contribution in [2.45, 2.75) is 51.9 Å². The second-order valence-corrected chi connectivity index (χ2v) is 4.34. The number of carbonyl (C=O) groups excluding carboxylic acids is 2. The molecule has 3 nitrogen and oxygen atoms in total. The van der Waals surface area contributed by atoms with E-state index in [9.17, 15) is 9.59 Å². The van der Waals surface area contributed by atoms with E-state index in [-0.39, 0.29) is 11.4 Å². The van der Waals surface area contributed by atoms with Crippen molar-refractivity contribution in [3.8, 4) is 0 Å². The van der Waals surface area contributed by atoms with E-state index in [1.807, 2.05) is 6.92 Å². The van der Waals surface area contributed by atoms with Gasteiger partial charge in [0, 0.05) is 18.3 Å². The van der Waals surface area contributed by atoms with E-state index in [2.05, 4.69) is 4.74 Å². The highest BCUT2D eigenvalue weighted by Crippen LogP contribution is 2.40. The summed E-state index contributed by atoms with van der Waals surface area (Å²) in [5, 5.41) is 0. The summed E-state index contributed by atoms with van der Waals surface area (Å²) in [7, 11) is 1.39. The summed E-state index contributed by atoms with van der Waals surface area (Å²) in [5.74, 6) is 0.140. The first-order valence-electron chi connectivity index (χ1n) is 5.75. The highest BCUT2D eigenvalue weighted by atomic mass is 16.5. The Kier molecular flexibility index (Phi) is 4.30. The highest BCUT2D eigenvalue weighted by Gasteiger charge is 2.37. The molecule has 1 aliphatic rings. The Hall–Kier alpha value is -0.860. The number of methoxy groups -OCH3 is 1. The lowest BCUT2D eigenvalue weighted by atomic mass is 9.68. The van der Waals surface area contributed by atoms with Gasteiger partial charge >= 0.3 is 5.97 Å². The summed E-state index contributed by atoms with van der Waals surface area (Å²) in [6.07, 6.45) is 5.64. The molecule has 0 aromatic heterocycles. The van der Waals surface area contributed by atoms with E-state index in [1.54, 1.807) is 0 Å². The molecule has 0 N–H and O–H groups in total. The molecule has 3 heteroatoms. The van der Waals surface area contributed by atoms with E-state index < -0.39 is 0 Å². The fourth-order valence-electron chi connectivity index (χ4n) is 2.41. The summed E-state index contributed by atoms with van der Waals surface area (Å²) in [6.45, 7) is 2.04. The third-order valence-electron chi connectivity index (χ3n) is 3.61. The van der Waals surface area contributed by atoms with Crippen LogP contribution in [0, 0.1) is 5.41 Å². The van der Waals surface area contributed by atoms with Gasteiger partial charge in [0.15, 0.2) is 0 Å². The second kappa shape index (κ2) is 5.29. The van der Waals surface area contributed by atoms with Gasteiger partial charge in [-0.3, -0.25) is 9.59 Å². The molecular weight excluding hydrogens is 192 g/mol. The van der Waals surface area contributed by atoms with Gasteiger partial charge in [0.2, 0.25) is 0 Å². The lowest BCUT2D eigenvalue weighted by molar-refractivity contribution is -0.142. The molecule has 0 saturated heterocycles. The molecule has 0 spiro atoms. The Morgan fingerprint density at radius 3 is 2.73 bits per heavy atom. The standard InChI is InChI=1S/C12H20O3/c1-3-12(9-7-11(14)15-2)8-5-4-6-10(12)13/h3-9H2,1-2H3. The molecule has 0 heterocycles. The number of hydrogen-bond acceptors (Lipinski definition) is 3. The molecule has 1 rings (SSSR count). The second-order valence-electron chi connectivity index (χ2n) is 4.34. The summed E-state index contributed by atoms with van der Waals surface area (Å²) >= 11 is 0. The smallest absolute Gasteiger partial charge is 0.305 e. The molecule has 0 amide bonds. The van der Waals surface area contributed by atoms with Gasteiger partial charge in [-0.05, 0) is 25.7 Å². The fraction of sp³-hybridized carbons (Fsp3) is 0.833. The van der Waals surface area contributed by atoms with Crippen LogP contribution in [-0.2, 0) is 14.3 Å². The highest BCUT2D eigenvalue weighted by molar-refractivity contribution is 5.86. The van der Waals surface area contributed by atoms with Crippen LogP contribution >= 0.6 is 0 Å². The summed E-state index contributed by atoms with van der Waals surface area (Å²) < 4.78 is 4.62. The fourth-order valence-corrected chi connectivity index (χ4v) is 2.41. The number of hydrogen-bond donors (Lipinski definition) is 0. The lowest BCUT2D eigenvalue weighted by Crippen LogP contribution is -2.34. The van der Waals surface area contributed by atoms with Gasteiger partial charge in [-0.15, -0.1) is 0 Å². The molecule has 0 bridgehead atoms. The average Bonchev–Trinajstić information content (AvgIpc) is 2.28. The van der Waals surface area contributed by atoms with Crippen molar-refractivity contribution in [2.24, 2.45) is 5.41 Å². The van der Waals surface area contributed by atoms with Crippen molar-refractivity contribution in [1.82, 2.24) is 0 Å². The minimum absolute atomic E-state index is 0.207. The topological polar surface area (TPSA) is 43.4 Å². The maximum atomic E-state index is 11.9. The first-order valence-corrected chi connectivity index (χ1v) is 5.75. The lowest BCUT2D eigenvalue weighted by Gasteiger charge is -2.34. The molecule has 1 fully saturated rings. The molecule has 86 valence electrons. The zero-order valence-corrected chi connectivity index (χ0v) is 9.67. The van der Waals surface area contributed by atoms with Crippen molar-refractivity contribution in [2.75, 3.05) is 7.11 Å². The van der Waals surface area contributed by atoms with Crippen molar-refractivity contribution in [1.29, 1.82) is 0 Å². The Balaban J connectivity index is 2.58. The number of Topliss-reactive ketones (excluding diaryl/α,β-unsaturated/α-hetero) is 1. The van der Waals surface area contributed by atoms with Gasteiger partial charge in [0.1, 0.15) is 5.78 Å². The van der Waals surface area contributed by atoms with Crippen molar-refractivity contribution in [3.05, 3.63) is 0 Å². The largest absolute Gasteiger partial charge is 0.469 e. The van der Waals surface area contributed by atoms with Gasteiger partial charge in [0.05, 0.1) is 7.11 Å². The molecule has 0 aliphatic heterocycles. The van der Waals surface area contributed by atoms with Crippen molar-refractivity contribution in [3.63, 3.8) is 0 Å². The monoisotopic (exact) mass is 212 g/mol. The average molecular weight is 212 g/mol. The van der Waals surface area contributed by atoms with E-state index in [1.165, 1.54) is 7.11 Å². The minimum atomic E-state index is -0.230. The predicted octanol–water partition coefficient (Wildman–Crippen LogP) is 2.48. The summed E-state index contributed by atoms with van der Waals surface area (Å²) in [5.41, 5.74) is -0.230. The normalized spacial score (nSPS) is 26.4. The number of ketones is 1. The van der Waals surface area contributed by atoms with Crippen LogP contribution in [-0.4, -0.2) is 18.9 Å². The van der Waals surface area contributed by atoms with E-state index in [0.29, 0.717) is 25.0 Å². The third kappa shape index (κ3) is 2.80. The van der Waals surface area contributed by atoms with Crippen LogP contribution in [0.1, 0.15) is 51.9 Å². The molecule has 0 radical (unpaired) electrons. The first-order chi connectivity index (χ1) is 7.14. The van der Waals surface area contributed by atoms with E-state index in [0.717, 1.165) is 25.7 Å². The van der Waals surface area contributed by atoms with Crippen molar-refractivity contribution < 1.29 is 14.3 Å². The molecular formula is C12H20O3. The van der Waals surface area contributed by atoms with Crippen LogP contribution in [0.3, 0.4) is 0 Å². The third-order valence-corrected chi connectivity index (χ3v) is 3.61. The number of carbonyl (C=O) groups is 2. The molecule has 1 aliphatic carbocycles. The SMILES string of the molecule is CCC1(CCC(=O)OC)CCCCC1=O. The summed E-state index contributed by atoms with van der Waals surface area (Å²) in [6, 6.07) is 0. The van der Waals surface area contributed by atoms with Crippen LogP contribution in [0.25, 0.3) is 0 Å². The quantitative estimate of drug-likeness (QED) is 0.672. The predicted molar refractivity (Wildman–Crippen MR) is 57.4 cm³/mol. The van der Waals surface area contributed by atoms with Crippen LogP contribution < -0.4 is 0 Å². The Morgan fingerprint density at radius 2 is 2.20 bits per heavy atom.